The van der Waals surface area contributed by atoms with E-state index in [2.05, 4.69) is 24.5 Å². The molecule has 0 aliphatic rings. The Morgan fingerprint density at radius 3 is 2.37 bits per heavy atom. The van der Waals surface area contributed by atoms with E-state index in [1.54, 1.807) is 24.3 Å². The zero-order valence-corrected chi connectivity index (χ0v) is 12.1. The van der Waals surface area contributed by atoms with Gasteiger partial charge in [-0.15, -0.1) is 0 Å². The SMILES string of the molecule is CC(C)CCCC(C)NC(=O)Nc1ccc(N)cc1. The van der Waals surface area contributed by atoms with Crippen LogP contribution in [0.2, 0.25) is 0 Å². The van der Waals surface area contributed by atoms with Crippen LogP contribution < -0.4 is 16.4 Å². The highest BCUT2D eigenvalue weighted by Gasteiger charge is 2.07. The fourth-order valence-corrected chi connectivity index (χ4v) is 1.86. The number of rotatable bonds is 6. The molecule has 19 heavy (non-hydrogen) atoms. The van der Waals surface area contributed by atoms with Crippen LogP contribution in [0.4, 0.5) is 16.2 Å². The van der Waals surface area contributed by atoms with Gasteiger partial charge in [-0.3, -0.25) is 0 Å². The van der Waals surface area contributed by atoms with E-state index in [-0.39, 0.29) is 12.1 Å². The van der Waals surface area contributed by atoms with Crippen LogP contribution in [0.25, 0.3) is 0 Å². The maximum Gasteiger partial charge on any atom is 0.319 e. The summed E-state index contributed by atoms with van der Waals surface area (Å²) in [6.07, 6.45) is 3.35. The molecule has 4 N–H and O–H groups in total. The monoisotopic (exact) mass is 263 g/mol. The molecule has 0 saturated carbocycles. The highest BCUT2D eigenvalue weighted by atomic mass is 16.2. The molecule has 0 aliphatic carbocycles. The highest BCUT2D eigenvalue weighted by molar-refractivity contribution is 5.89. The molecule has 0 saturated heterocycles. The quantitative estimate of drug-likeness (QED) is 0.686. The Balaban J connectivity index is 2.28. The zero-order valence-electron chi connectivity index (χ0n) is 12.1. The molecule has 0 spiro atoms. The van der Waals surface area contributed by atoms with Crippen LogP contribution in [-0.4, -0.2) is 12.1 Å². The van der Waals surface area contributed by atoms with Gasteiger partial charge in [-0.2, -0.15) is 0 Å². The molecule has 0 aliphatic heterocycles. The van der Waals surface area contributed by atoms with Crippen molar-refractivity contribution in [3.8, 4) is 0 Å². The fraction of sp³-hybridized carbons (Fsp3) is 0.533. The maximum absolute atomic E-state index is 11.8. The average Bonchev–Trinajstić information content (AvgIpc) is 2.31. The minimum Gasteiger partial charge on any atom is -0.399 e. The second kappa shape index (κ2) is 7.67. The normalized spacial score (nSPS) is 12.2. The first-order valence-electron chi connectivity index (χ1n) is 6.90. The van der Waals surface area contributed by atoms with E-state index in [9.17, 15) is 4.79 Å². The van der Waals surface area contributed by atoms with Crippen molar-refractivity contribution in [2.75, 3.05) is 11.1 Å². The van der Waals surface area contributed by atoms with Gasteiger partial charge in [-0.05, 0) is 43.5 Å². The molecule has 0 fully saturated rings. The lowest BCUT2D eigenvalue weighted by Crippen LogP contribution is -2.36. The minimum absolute atomic E-state index is 0.165. The van der Waals surface area contributed by atoms with Crippen LogP contribution in [0.1, 0.15) is 40.0 Å². The number of nitrogens with two attached hydrogens (primary N) is 1. The fourth-order valence-electron chi connectivity index (χ4n) is 1.86. The van der Waals surface area contributed by atoms with E-state index >= 15 is 0 Å². The second-order valence-corrected chi connectivity index (χ2v) is 5.45. The lowest BCUT2D eigenvalue weighted by atomic mass is 10.0. The van der Waals surface area contributed by atoms with E-state index < -0.39 is 0 Å². The molecule has 0 bridgehead atoms. The molecule has 0 radical (unpaired) electrons. The number of carbonyl (C=O) groups excluding carboxylic acids is 1. The summed E-state index contributed by atoms with van der Waals surface area (Å²) in [6, 6.07) is 7.13. The van der Waals surface area contributed by atoms with E-state index in [1.807, 2.05) is 6.92 Å². The number of urea groups is 1. The summed E-state index contributed by atoms with van der Waals surface area (Å²) in [5, 5.41) is 5.73. The van der Waals surface area contributed by atoms with Gasteiger partial charge in [0.2, 0.25) is 0 Å². The Hall–Kier alpha value is -1.71. The van der Waals surface area contributed by atoms with E-state index in [0.29, 0.717) is 5.69 Å². The van der Waals surface area contributed by atoms with Gasteiger partial charge >= 0.3 is 6.03 Å². The predicted molar refractivity (Wildman–Crippen MR) is 81.2 cm³/mol. The van der Waals surface area contributed by atoms with Gasteiger partial charge in [0.1, 0.15) is 0 Å². The Bertz CT molecular complexity index is 387. The molecule has 1 atom stereocenters. The molecule has 4 nitrogen and oxygen atoms in total. The highest BCUT2D eigenvalue weighted by Crippen LogP contribution is 2.11. The first-order valence-corrected chi connectivity index (χ1v) is 6.90. The molecule has 1 aromatic rings. The van der Waals surface area contributed by atoms with Crippen molar-refractivity contribution in [2.45, 2.75) is 46.1 Å². The number of hydrogen-bond donors (Lipinski definition) is 3. The second-order valence-electron chi connectivity index (χ2n) is 5.45. The van der Waals surface area contributed by atoms with Crippen LogP contribution in [0, 0.1) is 5.92 Å². The third-order valence-corrected chi connectivity index (χ3v) is 2.96. The molecule has 1 aromatic carbocycles. The van der Waals surface area contributed by atoms with Crippen LogP contribution in [0.3, 0.4) is 0 Å². The van der Waals surface area contributed by atoms with Crippen LogP contribution in [0.5, 0.6) is 0 Å². The smallest absolute Gasteiger partial charge is 0.319 e. The van der Waals surface area contributed by atoms with E-state index in [0.717, 1.165) is 24.4 Å². The molecule has 1 unspecified atom stereocenters. The van der Waals surface area contributed by atoms with Crippen molar-refractivity contribution in [1.82, 2.24) is 5.32 Å². The molecular formula is C15H25N3O. The molecule has 0 aromatic heterocycles. The first kappa shape index (κ1) is 15.3. The van der Waals surface area contributed by atoms with Crippen molar-refractivity contribution < 1.29 is 4.79 Å². The van der Waals surface area contributed by atoms with Gasteiger partial charge in [0.15, 0.2) is 0 Å². The summed E-state index contributed by atoms with van der Waals surface area (Å²) in [5.41, 5.74) is 7.03. The van der Waals surface area contributed by atoms with Gasteiger partial charge < -0.3 is 16.4 Å². The summed E-state index contributed by atoms with van der Waals surface area (Å²) in [6.45, 7) is 6.46. The van der Waals surface area contributed by atoms with Gasteiger partial charge in [-0.25, -0.2) is 4.79 Å². The van der Waals surface area contributed by atoms with Crippen LogP contribution in [-0.2, 0) is 0 Å². The molecule has 0 heterocycles. The predicted octanol–water partition coefficient (Wildman–Crippen LogP) is 3.61. The molecule has 1 rings (SSSR count). The number of anilines is 2. The molecular weight excluding hydrogens is 238 g/mol. The van der Waals surface area contributed by atoms with Crippen LogP contribution in [0.15, 0.2) is 24.3 Å². The van der Waals surface area contributed by atoms with Crippen molar-refractivity contribution in [1.29, 1.82) is 0 Å². The Morgan fingerprint density at radius 1 is 1.16 bits per heavy atom. The van der Waals surface area contributed by atoms with E-state index in [4.69, 9.17) is 5.73 Å². The number of benzene rings is 1. The molecule has 4 heteroatoms. The van der Waals surface area contributed by atoms with Crippen molar-refractivity contribution in [2.24, 2.45) is 5.92 Å². The number of nitrogens with one attached hydrogen (secondary N) is 2. The van der Waals surface area contributed by atoms with Gasteiger partial charge in [0.05, 0.1) is 0 Å². The third kappa shape index (κ3) is 6.70. The van der Waals surface area contributed by atoms with E-state index in [1.165, 1.54) is 6.42 Å². The summed E-state index contributed by atoms with van der Waals surface area (Å²) in [7, 11) is 0. The van der Waals surface area contributed by atoms with Gasteiger partial charge in [-0.1, -0.05) is 26.7 Å². The largest absolute Gasteiger partial charge is 0.399 e. The topological polar surface area (TPSA) is 67.2 Å². The minimum atomic E-state index is -0.165. The molecule has 106 valence electrons. The molecule has 2 amide bonds. The summed E-state index contributed by atoms with van der Waals surface area (Å²) in [4.78, 5) is 11.8. The summed E-state index contributed by atoms with van der Waals surface area (Å²) >= 11 is 0. The summed E-state index contributed by atoms with van der Waals surface area (Å²) < 4.78 is 0. The van der Waals surface area contributed by atoms with Crippen molar-refractivity contribution in [3.63, 3.8) is 0 Å². The summed E-state index contributed by atoms with van der Waals surface area (Å²) in [5.74, 6) is 0.718. The number of amides is 2. The first-order chi connectivity index (χ1) is 8.97. The van der Waals surface area contributed by atoms with Crippen LogP contribution >= 0.6 is 0 Å². The van der Waals surface area contributed by atoms with Crippen molar-refractivity contribution in [3.05, 3.63) is 24.3 Å². The average molecular weight is 263 g/mol. The third-order valence-electron chi connectivity index (χ3n) is 2.96. The standard InChI is InChI=1S/C15H25N3O/c1-11(2)5-4-6-12(3)17-15(19)18-14-9-7-13(16)8-10-14/h7-12H,4-6,16H2,1-3H3,(H2,17,18,19). The Morgan fingerprint density at radius 2 is 1.79 bits per heavy atom. The Kier molecular flexibility index (Phi) is 6.19. The number of carbonyl (C=O) groups is 1. The number of hydrogen-bond acceptors (Lipinski definition) is 2. The lowest BCUT2D eigenvalue weighted by Gasteiger charge is -2.15. The maximum atomic E-state index is 11.8. The van der Waals surface area contributed by atoms with Gasteiger partial charge in [0.25, 0.3) is 0 Å². The number of nitrogen functional groups attached to an aromatic ring is 1. The van der Waals surface area contributed by atoms with Gasteiger partial charge in [0, 0.05) is 17.4 Å². The lowest BCUT2D eigenvalue weighted by molar-refractivity contribution is 0.248. The van der Waals surface area contributed by atoms with Crippen molar-refractivity contribution >= 4 is 17.4 Å². The zero-order chi connectivity index (χ0) is 14.3. The Labute approximate surface area is 115 Å².